The first kappa shape index (κ1) is 13.2. The summed E-state index contributed by atoms with van der Waals surface area (Å²) in [5, 5.41) is 8.65. The first-order valence-corrected chi connectivity index (χ1v) is 7.18. The van der Waals surface area contributed by atoms with Crippen molar-refractivity contribution in [1.29, 1.82) is 0 Å². The van der Waals surface area contributed by atoms with Gasteiger partial charge in [-0.25, -0.2) is 0 Å². The molecule has 3 heterocycles. The molecule has 8 heteroatoms. The van der Waals surface area contributed by atoms with Crippen molar-refractivity contribution in [3.05, 3.63) is 21.4 Å². The van der Waals surface area contributed by atoms with Gasteiger partial charge in [0.25, 0.3) is 11.5 Å². The van der Waals surface area contributed by atoms with Crippen molar-refractivity contribution >= 4 is 28.0 Å². The van der Waals surface area contributed by atoms with Crippen LogP contribution in [-0.2, 0) is 9.53 Å². The molecule has 0 aliphatic carbocycles. The lowest BCUT2D eigenvalue weighted by atomic mass is 10.0. The van der Waals surface area contributed by atoms with Gasteiger partial charge in [-0.15, -0.1) is 11.3 Å². The Hall–Kier alpha value is -1.80. The number of carbonyl (C=O) groups excluding carboxylic acids is 1. The number of ether oxygens (including phenoxy) is 1. The number of aryl methyl sites for hydroxylation is 1. The van der Waals surface area contributed by atoms with Crippen molar-refractivity contribution in [2.45, 2.75) is 32.3 Å². The van der Waals surface area contributed by atoms with Crippen LogP contribution in [0.1, 0.15) is 25.5 Å². The molecule has 0 saturated carbocycles. The van der Waals surface area contributed by atoms with Crippen molar-refractivity contribution in [3.8, 4) is 0 Å². The fraction of sp³-hybridized carbons (Fsp3) is 0.500. The monoisotopic (exact) mass is 294 g/mol. The Morgan fingerprint density at radius 2 is 2.40 bits per heavy atom. The summed E-state index contributed by atoms with van der Waals surface area (Å²) in [5.41, 5.74) is -0.856. The second-order valence-corrected chi connectivity index (χ2v) is 5.79. The third-order valence-corrected chi connectivity index (χ3v) is 4.20. The molecule has 1 aliphatic rings. The first-order chi connectivity index (χ1) is 9.49. The highest BCUT2D eigenvalue weighted by molar-refractivity contribution is 7.15. The van der Waals surface area contributed by atoms with Crippen LogP contribution in [0.3, 0.4) is 0 Å². The summed E-state index contributed by atoms with van der Waals surface area (Å²) in [6.45, 7) is 3.97. The van der Waals surface area contributed by atoms with E-state index in [9.17, 15) is 9.59 Å². The number of anilines is 1. The molecule has 106 valence electrons. The number of aromatic nitrogens is 3. The highest BCUT2D eigenvalue weighted by atomic mass is 32.1. The smallest absolute Gasteiger partial charge is 0.295 e. The van der Waals surface area contributed by atoms with Gasteiger partial charge in [0.15, 0.2) is 0 Å². The van der Waals surface area contributed by atoms with E-state index in [1.807, 2.05) is 0 Å². The third-order valence-electron chi connectivity index (χ3n) is 3.38. The molecule has 1 aliphatic heterocycles. The molecule has 1 atom stereocenters. The van der Waals surface area contributed by atoms with Gasteiger partial charge in [-0.3, -0.25) is 9.59 Å². The van der Waals surface area contributed by atoms with E-state index in [1.165, 1.54) is 15.9 Å². The van der Waals surface area contributed by atoms with Crippen LogP contribution in [0.5, 0.6) is 0 Å². The van der Waals surface area contributed by atoms with Crippen molar-refractivity contribution in [1.82, 2.24) is 14.6 Å². The van der Waals surface area contributed by atoms with Crippen LogP contribution in [-0.4, -0.2) is 32.7 Å². The van der Waals surface area contributed by atoms with Crippen molar-refractivity contribution in [2.24, 2.45) is 0 Å². The lowest BCUT2D eigenvalue weighted by Gasteiger charge is -2.21. The van der Waals surface area contributed by atoms with Crippen LogP contribution in [0.4, 0.5) is 5.82 Å². The molecular formula is C12H14N4O3S. The Kier molecular flexibility index (Phi) is 3.06. The summed E-state index contributed by atoms with van der Waals surface area (Å²) in [6.07, 6.45) is 1.57. The van der Waals surface area contributed by atoms with E-state index in [1.54, 1.807) is 19.2 Å². The van der Waals surface area contributed by atoms with E-state index in [0.717, 1.165) is 6.42 Å². The van der Waals surface area contributed by atoms with Crippen molar-refractivity contribution in [2.75, 3.05) is 11.9 Å². The maximum Gasteiger partial charge on any atom is 0.295 e. The molecule has 3 rings (SSSR count). The van der Waals surface area contributed by atoms with Crippen LogP contribution in [0.25, 0.3) is 4.96 Å². The number of nitrogens with one attached hydrogen (secondary N) is 1. The minimum Gasteiger partial charge on any atom is -0.365 e. The normalized spacial score (nSPS) is 22.3. The zero-order valence-electron chi connectivity index (χ0n) is 11.2. The molecule has 0 bridgehead atoms. The largest absolute Gasteiger partial charge is 0.365 e. The predicted octanol–water partition coefficient (Wildman–Crippen LogP) is 0.967. The van der Waals surface area contributed by atoms with E-state index < -0.39 is 5.60 Å². The molecule has 0 aromatic carbocycles. The van der Waals surface area contributed by atoms with Gasteiger partial charge in [0.1, 0.15) is 17.1 Å². The minimum absolute atomic E-state index is 0.201. The van der Waals surface area contributed by atoms with Gasteiger partial charge in [0.2, 0.25) is 4.96 Å². The molecule has 0 radical (unpaired) electrons. The molecule has 7 nitrogen and oxygen atoms in total. The number of nitrogens with zero attached hydrogens (tertiary/aromatic N) is 3. The van der Waals surface area contributed by atoms with Crippen LogP contribution in [0.15, 0.2) is 10.2 Å². The zero-order chi connectivity index (χ0) is 14.3. The standard InChI is InChI=1S/C12H14N4O3S/c1-7-9(17)14-11-16(15-7)8(6-20-11)13-10(18)12(2)4-3-5-19-12/h6H,3-5H2,1-2H3,(H,13,18)/t12-/m0/s1. The Morgan fingerprint density at radius 1 is 1.60 bits per heavy atom. The van der Waals surface area contributed by atoms with Crippen molar-refractivity contribution in [3.63, 3.8) is 0 Å². The molecule has 1 amide bonds. The van der Waals surface area contributed by atoms with Crippen LogP contribution in [0.2, 0.25) is 0 Å². The molecule has 2 aromatic heterocycles. The molecule has 1 N–H and O–H groups in total. The number of hydrogen-bond acceptors (Lipinski definition) is 6. The number of rotatable bonds is 2. The fourth-order valence-electron chi connectivity index (χ4n) is 2.13. The summed E-state index contributed by atoms with van der Waals surface area (Å²) in [7, 11) is 0. The molecule has 0 spiro atoms. The lowest BCUT2D eigenvalue weighted by Crippen LogP contribution is -2.39. The Labute approximate surface area is 118 Å². The van der Waals surface area contributed by atoms with E-state index >= 15 is 0 Å². The van der Waals surface area contributed by atoms with Crippen LogP contribution >= 0.6 is 11.3 Å². The van der Waals surface area contributed by atoms with Gasteiger partial charge in [0.05, 0.1) is 0 Å². The van der Waals surface area contributed by atoms with Gasteiger partial charge < -0.3 is 10.1 Å². The second-order valence-electron chi connectivity index (χ2n) is 4.95. The van der Waals surface area contributed by atoms with E-state index in [4.69, 9.17) is 4.74 Å². The summed E-state index contributed by atoms with van der Waals surface area (Å²) in [5.74, 6) is 0.301. The second kappa shape index (κ2) is 4.64. The maximum atomic E-state index is 12.3. The predicted molar refractivity (Wildman–Crippen MR) is 74.1 cm³/mol. The van der Waals surface area contributed by atoms with Crippen LogP contribution in [0, 0.1) is 6.92 Å². The first-order valence-electron chi connectivity index (χ1n) is 6.30. The quantitative estimate of drug-likeness (QED) is 0.892. The molecular weight excluding hydrogens is 280 g/mol. The van der Waals surface area contributed by atoms with E-state index in [0.29, 0.717) is 29.5 Å². The van der Waals surface area contributed by atoms with Gasteiger partial charge in [-0.1, -0.05) is 0 Å². The summed E-state index contributed by atoms with van der Waals surface area (Å²) < 4.78 is 6.97. The van der Waals surface area contributed by atoms with Gasteiger partial charge >= 0.3 is 0 Å². The van der Waals surface area contributed by atoms with Crippen molar-refractivity contribution < 1.29 is 9.53 Å². The molecule has 2 aromatic rings. The Bertz CT molecular complexity index is 730. The molecule has 0 unspecified atom stereocenters. The summed E-state index contributed by atoms with van der Waals surface area (Å²) in [4.78, 5) is 28.1. The van der Waals surface area contributed by atoms with Crippen LogP contribution < -0.4 is 10.9 Å². The lowest BCUT2D eigenvalue weighted by molar-refractivity contribution is -0.133. The SMILES string of the molecule is Cc1nn2c(NC(=O)[C@]3(C)CCCO3)csc2nc1=O. The number of thiazole rings is 1. The molecule has 20 heavy (non-hydrogen) atoms. The number of hydrogen-bond donors (Lipinski definition) is 1. The van der Waals surface area contributed by atoms with E-state index in [-0.39, 0.29) is 11.5 Å². The third kappa shape index (κ3) is 2.10. The van der Waals surface area contributed by atoms with Gasteiger partial charge in [0, 0.05) is 12.0 Å². The fourth-order valence-corrected chi connectivity index (χ4v) is 2.88. The average Bonchev–Trinajstić information content (AvgIpc) is 2.99. The zero-order valence-corrected chi connectivity index (χ0v) is 12.0. The highest BCUT2D eigenvalue weighted by Crippen LogP contribution is 2.27. The minimum atomic E-state index is -0.796. The highest BCUT2D eigenvalue weighted by Gasteiger charge is 2.38. The number of amides is 1. The average molecular weight is 294 g/mol. The summed E-state index contributed by atoms with van der Waals surface area (Å²) in [6, 6.07) is 0. The van der Waals surface area contributed by atoms with Gasteiger partial charge in [-0.2, -0.15) is 14.6 Å². The molecule has 1 saturated heterocycles. The maximum absolute atomic E-state index is 12.3. The van der Waals surface area contributed by atoms with E-state index in [2.05, 4.69) is 15.4 Å². The summed E-state index contributed by atoms with van der Waals surface area (Å²) >= 11 is 1.25. The Balaban J connectivity index is 1.93. The topological polar surface area (TPSA) is 85.6 Å². The Morgan fingerprint density at radius 3 is 3.10 bits per heavy atom. The number of carbonyl (C=O) groups is 1. The molecule has 1 fully saturated rings. The van der Waals surface area contributed by atoms with Gasteiger partial charge in [-0.05, 0) is 26.7 Å². The number of fused-ring (bicyclic) bond motifs is 1.